The second kappa shape index (κ2) is 6.08. The first-order valence-corrected chi connectivity index (χ1v) is 6.24. The third-order valence-electron chi connectivity index (χ3n) is 3.20. The molecule has 100 valence electrons. The molecule has 1 amide bonds. The van der Waals surface area contributed by atoms with Gasteiger partial charge in [-0.2, -0.15) is 5.10 Å². The number of nitrogens with one attached hydrogen (secondary N) is 1. The Balaban J connectivity index is 1.93. The fraction of sp³-hybridized carbons (Fsp3) is 0.385. The number of hydrogen-bond donors (Lipinski definition) is 1. The Kier molecular flexibility index (Phi) is 4.22. The highest BCUT2D eigenvalue weighted by molar-refractivity contribution is 5.83. The smallest absolute Gasteiger partial charge is 0.270 e. The highest BCUT2D eigenvalue weighted by atomic mass is 16.6. The quantitative estimate of drug-likeness (QED) is 0.512. The summed E-state index contributed by atoms with van der Waals surface area (Å²) < 4.78 is 0. The van der Waals surface area contributed by atoms with Crippen LogP contribution in [0, 0.1) is 16.0 Å². The van der Waals surface area contributed by atoms with Crippen molar-refractivity contribution in [2.45, 2.75) is 25.7 Å². The van der Waals surface area contributed by atoms with Crippen LogP contribution in [-0.4, -0.2) is 17.0 Å². The van der Waals surface area contributed by atoms with Crippen LogP contribution in [0.5, 0.6) is 0 Å². The Morgan fingerprint density at radius 3 is 2.84 bits per heavy atom. The standard InChI is InChI=1S/C13H15N3O3/c17-13(11-5-1-2-6-11)15-14-9-10-4-3-7-12(8-10)16(18)19/h3-4,7-9,11H,1-2,5-6H2,(H,15,17)/b14-9+. The van der Waals surface area contributed by atoms with Gasteiger partial charge in [0.2, 0.25) is 5.91 Å². The number of carbonyl (C=O) groups is 1. The van der Waals surface area contributed by atoms with Gasteiger partial charge in [0, 0.05) is 23.6 Å². The molecule has 0 bridgehead atoms. The van der Waals surface area contributed by atoms with Gasteiger partial charge in [-0.25, -0.2) is 5.43 Å². The lowest BCUT2D eigenvalue weighted by Crippen LogP contribution is -2.24. The largest absolute Gasteiger partial charge is 0.273 e. The Labute approximate surface area is 110 Å². The van der Waals surface area contributed by atoms with Gasteiger partial charge in [0.25, 0.3) is 5.69 Å². The minimum absolute atomic E-state index is 0.00562. The van der Waals surface area contributed by atoms with Gasteiger partial charge in [-0.05, 0) is 12.8 Å². The van der Waals surface area contributed by atoms with Crippen LogP contribution in [-0.2, 0) is 4.79 Å². The van der Waals surface area contributed by atoms with Gasteiger partial charge in [-0.3, -0.25) is 14.9 Å². The van der Waals surface area contributed by atoms with E-state index in [0.717, 1.165) is 25.7 Å². The second-order valence-corrected chi connectivity index (χ2v) is 4.57. The first-order valence-electron chi connectivity index (χ1n) is 6.24. The van der Waals surface area contributed by atoms with E-state index in [0.29, 0.717) is 5.56 Å². The minimum atomic E-state index is -0.464. The zero-order valence-electron chi connectivity index (χ0n) is 10.4. The normalized spacial score (nSPS) is 15.8. The molecule has 6 nitrogen and oxygen atoms in total. The summed E-state index contributed by atoms with van der Waals surface area (Å²) in [6.45, 7) is 0. The van der Waals surface area contributed by atoms with Crippen LogP contribution in [0.3, 0.4) is 0 Å². The molecule has 0 saturated heterocycles. The van der Waals surface area contributed by atoms with Crippen molar-refractivity contribution in [2.75, 3.05) is 0 Å². The molecule has 2 rings (SSSR count). The molecule has 0 spiro atoms. The first kappa shape index (κ1) is 13.2. The van der Waals surface area contributed by atoms with Crippen molar-refractivity contribution in [1.29, 1.82) is 0 Å². The molecular weight excluding hydrogens is 246 g/mol. The molecule has 1 saturated carbocycles. The van der Waals surface area contributed by atoms with Crippen molar-refractivity contribution >= 4 is 17.8 Å². The molecule has 6 heteroatoms. The van der Waals surface area contributed by atoms with Crippen molar-refractivity contribution < 1.29 is 9.72 Å². The van der Waals surface area contributed by atoms with Gasteiger partial charge in [-0.1, -0.05) is 25.0 Å². The predicted molar refractivity (Wildman–Crippen MR) is 70.8 cm³/mol. The highest BCUT2D eigenvalue weighted by Crippen LogP contribution is 2.24. The Bertz CT molecular complexity index is 508. The maximum atomic E-state index is 11.7. The maximum absolute atomic E-state index is 11.7. The molecule has 0 heterocycles. The summed E-state index contributed by atoms with van der Waals surface area (Å²) >= 11 is 0. The summed E-state index contributed by atoms with van der Waals surface area (Å²) in [6.07, 6.45) is 5.43. The Morgan fingerprint density at radius 1 is 1.42 bits per heavy atom. The summed E-state index contributed by atoms with van der Waals surface area (Å²) in [4.78, 5) is 21.8. The van der Waals surface area contributed by atoms with E-state index >= 15 is 0 Å². The van der Waals surface area contributed by atoms with E-state index in [9.17, 15) is 14.9 Å². The number of benzene rings is 1. The molecule has 1 N–H and O–H groups in total. The number of hydrazone groups is 1. The lowest BCUT2D eigenvalue weighted by Gasteiger charge is -2.05. The van der Waals surface area contributed by atoms with Gasteiger partial charge >= 0.3 is 0 Å². The second-order valence-electron chi connectivity index (χ2n) is 4.57. The fourth-order valence-electron chi connectivity index (χ4n) is 2.17. The summed E-state index contributed by atoms with van der Waals surface area (Å²) in [5.74, 6) is -0.0126. The van der Waals surface area contributed by atoms with E-state index in [2.05, 4.69) is 10.5 Å². The SMILES string of the molecule is O=C(N/N=C/c1cccc([N+](=O)[O-])c1)C1CCCC1. The molecular formula is C13H15N3O3. The molecule has 0 unspecified atom stereocenters. The number of rotatable bonds is 4. The monoisotopic (exact) mass is 261 g/mol. The van der Waals surface area contributed by atoms with Crippen molar-refractivity contribution in [3.05, 3.63) is 39.9 Å². The number of non-ortho nitro benzene ring substituents is 1. The molecule has 1 aliphatic carbocycles. The number of nitro groups is 1. The third-order valence-corrected chi connectivity index (χ3v) is 3.20. The number of nitrogens with zero attached hydrogens (tertiary/aromatic N) is 2. The summed E-state index contributed by atoms with van der Waals surface area (Å²) in [7, 11) is 0. The van der Waals surface area contributed by atoms with E-state index in [1.165, 1.54) is 18.3 Å². The van der Waals surface area contributed by atoms with Crippen molar-refractivity contribution in [3.63, 3.8) is 0 Å². The first-order chi connectivity index (χ1) is 9.16. The molecule has 1 aromatic carbocycles. The summed E-state index contributed by atoms with van der Waals surface area (Å²) in [5, 5.41) is 14.4. The predicted octanol–water partition coefficient (Wildman–Crippen LogP) is 2.24. The summed E-state index contributed by atoms with van der Waals surface area (Å²) in [5.41, 5.74) is 3.07. The molecule has 0 aliphatic heterocycles. The van der Waals surface area contributed by atoms with E-state index < -0.39 is 4.92 Å². The molecule has 0 aromatic heterocycles. The molecule has 1 fully saturated rings. The number of amides is 1. The lowest BCUT2D eigenvalue weighted by atomic mass is 10.1. The highest BCUT2D eigenvalue weighted by Gasteiger charge is 2.21. The van der Waals surface area contributed by atoms with Gasteiger partial charge in [-0.15, -0.1) is 0 Å². The average molecular weight is 261 g/mol. The van der Waals surface area contributed by atoms with Crippen molar-refractivity contribution in [3.8, 4) is 0 Å². The van der Waals surface area contributed by atoms with Crippen LogP contribution < -0.4 is 5.43 Å². The van der Waals surface area contributed by atoms with E-state index in [1.54, 1.807) is 12.1 Å². The van der Waals surface area contributed by atoms with Crippen LogP contribution in [0.4, 0.5) is 5.69 Å². The van der Waals surface area contributed by atoms with Gasteiger partial charge < -0.3 is 0 Å². The van der Waals surface area contributed by atoms with Crippen LogP contribution in [0.2, 0.25) is 0 Å². The van der Waals surface area contributed by atoms with Crippen LogP contribution in [0.25, 0.3) is 0 Å². The lowest BCUT2D eigenvalue weighted by molar-refractivity contribution is -0.384. The van der Waals surface area contributed by atoms with Crippen LogP contribution >= 0.6 is 0 Å². The summed E-state index contributed by atoms with van der Waals surface area (Å²) in [6, 6.07) is 6.09. The zero-order chi connectivity index (χ0) is 13.7. The van der Waals surface area contributed by atoms with Crippen molar-refractivity contribution in [2.24, 2.45) is 11.0 Å². The molecule has 1 aliphatic rings. The molecule has 19 heavy (non-hydrogen) atoms. The Morgan fingerprint density at radius 2 is 2.16 bits per heavy atom. The topological polar surface area (TPSA) is 84.6 Å². The van der Waals surface area contributed by atoms with E-state index in [1.807, 2.05) is 0 Å². The van der Waals surface area contributed by atoms with E-state index in [4.69, 9.17) is 0 Å². The van der Waals surface area contributed by atoms with Gasteiger partial charge in [0.15, 0.2) is 0 Å². The average Bonchev–Trinajstić information content (AvgIpc) is 2.93. The maximum Gasteiger partial charge on any atom is 0.270 e. The number of carbonyl (C=O) groups excluding carboxylic acids is 1. The molecule has 1 aromatic rings. The van der Waals surface area contributed by atoms with Gasteiger partial charge in [0.1, 0.15) is 0 Å². The number of hydrogen-bond acceptors (Lipinski definition) is 4. The van der Waals surface area contributed by atoms with Crippen LogP contribution in [0.15, 0.2) is 29.4 Å². The van der Waals surface area contributed by atoms with Gasteiger partial charge in [0.05, 0.1) is 11.1 Å². The zero-order valence-corrected chi connectivity index (χ0v) is 10.4. The minimum Gasteiger partial charge on any atom is -0.273 e. The van der Waals surface area contributed by atoms with E-state index in [-0.39, 0.29) is 17.5 Å². The van der Waals surface area contributed by atoms with Crippen molar-refractivity contribution in [1.82, 2.24) is 5.43 Å². The van der Waals surface area contributed by atoms with Crippen LogP contribution in [0.1, 0.15) is 31.2 Å². The Hall–Kier alpha value is -2.24. The molecule has 0 atom stereocenters. The number of nitro benzene ring substituents is 1. The third kappa shape index (κ3) is 3.61. The molecule has 0 radical (unpaired) electrons. The fourth-order valence-corrected chi connectivity index (χ4v) is 2.17.